The highest BCUT2D eigenvalue weighted by Crippen LogP contribution is 2.34. The maximum Gasteiger partial charge on any atom is 0.333 e. The molecule has 3 amide bonds. The Bertz CT molecular complexity index is 798. The smallest absolute Gasteiger partial charge is 0.333 e. The Balaban J connectivity index is 1.82. The molecule has 124 valence electrons. The van der Waals surface area contributed by atoms with Crippen LogP contribution in [0.15, 0.2) is 36.4 Å². The van der Waals surface area contributed by atoms with Gasteiger partial charge >= 0.3 is 6.03 Å². The number of urea groups is 1. The van der Waals surface area contributed by atoms with Crippen molar-refractivity contribution in [1.82, 2.24) is 0 Å². The van der Waals surface area contributed by atoms with Gasteiger partial charge in [0.2, 0.25) is 6.41 Å². The number of carbonyl (C=O) groups excluding carboxylic acids is 2. The van der Waals surface area contributed by atoms with E-state index in [4.69, 9.17) is 32.7 Å². The SMILES string of the molecule is O=CN(C(=O)Nc1ccc(Cl)cc1Cl)c1ccc2c(c1)OCCO2. The van der Waals surface area contributed by atoms with E-state index in [2.05, 4.69) is 5.32 Å². The topological polar surface area (TPSA) is 67.9 Å². The molecule has 0 bridgehead atoms. The molecule has 0 aromatic heterocycles. The molecule has 1 heterocycles. The Morgan fingerprint density at radius 3 is 2.54 bits per heavy atom. The average molecular weight is 367 g/mol. The van der Waals surface area contributed by atoms with Gasteiger partial charge in [0.1, 0.15) is 13.2 Å². The van der Waals surface area contributed by atoms with Gasteiger partial charge in [-0.25, -0.2) is 9.69 Å². The second kappa shape index (κ2) is 6.98. The van der Waals surface area contributed by atoms with Gasteiger partial charge in [0.15, 0.2) is 11.5 Å². The lowest BCUT2D eigenvalue weighted by Gasteiger charge is -2.22. The van der Waals surface area contributed by atoms with Gasteiger partial charge in [0.05, 0.1) is 16.4 Å². The van der Waals surface area contributed by atoms with Crippen LogP contribution in [0.3, 0.4) is 0 Å². The average Bonchev–Trinajstić information content (AvgIpc) is 2.58. The first-order chi connectivity index (χ1) is 11.6. The fraction of sp³-hybridized carbons (Fsp3) is 0.125. The lowest BCUT2D eigenvalue weighted by Crippen LogP contribution is -2.34. The summed E-state index contributed by atoms with van der Waals surface area (Å²) in [4.78, 5) is 24.7. The quantitative estimate of drug-likeness (QED) is 0.834. The van der Waals surface area contributed by atoms with Gasteiger partial charge in [0, 0.05) is 11.1 Å². The summed E-state index contributed by atoms with van der Waals surface area (Å²) < 4.78 is 10.9. The molecule has 0 radical (unpaired) electrons. The molecule has 0 fully saturated rings. The van der Waals surface area contributed by atoms with Crippen LogP contribution in [-0.4, -0.2) is 25.7 Å². The molecule has 0 unspecified atom stereocenters. The zero-order valence-corrected chi connectivity index (χ0v) is 13.8. The highest BCUT2D eigenvalue weighted by Gasteiger charge is 2.20. The Morgan fingerprint density at radius 1 is 1.08 bits per heavy atom. The Kier molecular flexibility index (Phi) is 4.78. The molecule has 0 aliphatic carbocycles. The van der Waals surface area contributed by atoms with Crippen LogP contribution in [0.4, 0.5) is 16.2 Å². The van der Waals surface area contributed by atoms with Crippen LogP contribution in [0.2, 0.25) is 10.0 Å². The summed E-state index contributed by atoms with van der Waals surface area (Å²) in [5.41, 5.74) is 0.687. The summed E-state index contributed by atoms with van der Waals surface area (Å²) in [7, 11) is 0. The number of hydrogen-bond acceptors (Lipinski definition) is 4. The van der Waals surface area contributed by atoms with E-state index >= 15 is 0 Å². The third-order valence-electron chi connectivity index (χ3n) is 3.30. The van der Waals surface area contributed by atoms with Crippen molar-refractivity contribution in [3.63, 3.8) is 0 Å². The molecule has 1 N–H and O–H groups in total. The molecule has 1 aliphatic heterocycles. The number of benzene rings is 2. The van der Waals surface area contributed by atoms with Crippen LogP contribution < -0.4 is 19.7 Å². The molecular formula is C16H12Cl2N2O4. The van der Waals surface area contributed by atoms with Gasteiger partial charge in [-0.2, -0.15) is 0 Å². The number of rotatable bonds is 3. The van der Waals surface area contributed by atoms with E-state index in [1.54, 1.807) is 30.3 Å². The number of amides is 3. The monoisotopic (exact) mass is 366 g/mol. The van der Waals surface area contributed by atoms with Crippen LogP contribution in [0.25, 0.3) is 0 Å². The second-order valence-electron chi connectivity index (χ2n) is 4.86. The molecule has 0 spiro atoms. The third-order valence-corrected chi connectivity index (χ3v) is 3.85. The van der Waals surface area contributed by atoms with E-state index in [1.165, 1.54) is 6.07 Å². The number of imide groups is 1. The van der Waals surface area contributed by atoms with E-state index < -0.39 is 6.03 Å². The fourth-order valence-corrected chi connectivity index (χ4v) is 2.63. The van der Waals surface area contributed by atoms with Gasteiger partial charge in [0.25, 0.3) is 0 Å². The van der Waals surface area contributed by atoms with Crippen molar-refractivity contribution >= 4 is 47.0 Å². The van der Waals surface area contributed by atoms with Crippen molar-refractivity contribution in [2.45, 2.75) is 0 Å². The van der Waals surface area contributed by atoms with E-state index in [0.29, 0.717) is 47.5 Å². The summed E-state index contributed by atoms with van der Waals surface area (Å²) in [6.45, 7) is 0.864. The third kappa shape index (κ3) is 3.39. The number of nitrogens with one attached hydrogen (secondary N) is 1. The normalized spacial score (nSPS) is 12.4. The second-order valence-corrected chi connectivity index (χ2v) is 5.70. The molecule has 24 heavy (non-hydrogen) atoms. The molecule has 1 aliphatic rings. The molecule has 3 rings (SSSR count). The molecule has 2 aromatic rings. The first-order valence-corrected chi connectivity index (χ1v) is 7.74. The number of hydrogen-bond donors (Lipinski definition) is 1. The van der Waals surface area contributed by atoms with E-state index in [1.807, 2.05) is 0 Å². The van der Waals surface area contributed by atoms with Crippen LogP contribution in [0.1, 0.15) is 0 Å². The predicted molar refractivity (Wildman–Crippen MR) is 91.5 cm³/mol. The van der Waals surface area contributed by atoms with Crippen molar-refractivity contribution < 1.29 is 19.1 Å². The minimum atomic E-state index is -0.661. The Morgan fingerprint density at radius 2 is 1.83 bits per heavy atom. The molecule has 0 saturated heterocycles. The van der Waals surface area contributed by atoms with Gasteiger partial charge < -0.3 is 14.8 Å². The zero-order chi connectivity index (χ0) is 17.1. The van der Waals surface area contributed by atoms with Crippen molar-refractivity contribution in [1.29, 1.82) is 0 Å². The molecule has 0 saturated carbocycles. The summed E-state index contributed by atoms with van der Waals surface area (Å²) in [5.74, 6) is 1.04. The minimum absolute atomic E-state index is 0.267. The number of halogens is 2. The lowest BCUT2D eigenvalue weighted by atomic mass is 10.2. The summed E-state index contributed by atoms with van der Waals surface area (Å²) in [6, 6.07) is 8.76. The number of ether oxygens (including phenoxy) is 2. The molecule has 8 heteroatoms. The summed E-state index contributed by atoms with van der Waals surface area (Å²) in [5, 5.41) is 3.27. The van der Waals surface area contributed by atoms with Crippen LogP contribution >= 0.6 is 23.2 Å². The summed E-state index contributed by atoms with van der Waals surface area (Å²) in [6.07, 6.45) is 0.407. The van der Waals surface area contributed by atoms with E-state index in [-0.39, 0.29) is 5.02 Å². The van der Waals surface area contributed by atoms with Gasteiger partial charge in [-0.3, -0.25) is 4.79 Å². The summed E-state index contributed by atoms with van der Waals surface area (Å²) >= 11 is 11.8. The van der Waals surface area contributed by atoms with Crippen molar-refractivity contribution in [3.05, 3.63) is 46.4 Å². The number of nitrogens with zero attached hydrogens (tertiary/aromatic N) is 1. The minimum Gasteiger partial charge on any atom is -0.486 e. The van der Waals surface area contributed by atoms with Crippen LogP contribution in [-0.2, 0) is 4.79 Å². The Hall–Kier alpha value is -2.44. The van der Waals surface area contributed by atoms with Gasteiger partial charge in [-0.1, -0.05) is 23.2 Å². The lowest BCUT2D eigenvalue weighted by molar-refractivity contribution is -0.106. The van der Waals surface area contributed by atoms with Gasteiger partial charge in [-0.15, -0.1) is 0 Å². The van der Waals surface area contributed by atoms with Crippen LogP contribution in [0.5, 0.6) is 11.5 Å². The number of fused-ring (bicyclic) bond motifs is 1. The number of anilines is 2. The Labute approximate surface area is 147 Å². The molecular weight excluding hydrogens is 355 g/mol. The van der Waals surface area contributed by atoms with E-state index in [9.17, 15) is 9.59 Å². The molecule has 2 aromatic carbocycles. The van der Waals surface area contributed by atoms with E-state index in [0.717, 1.165) is 4.90 Å². The molecule has 0 atom stereocenters. The highest BCUT2D eigenvalue weighted by atomic mass is 35.5. The van der Waals surface area contributed by atoms with Crippen molar-refractivity contribution in [2.24, 2.45) is 0 Å². The first kappa shape index (κ1) is 16.4. The number of carbonyl (C=O) groups is 2. The van der Waals surface area contributed by atoms with Gasteiger partial charge in [-0.05, 0) is 30.3 Å². The van der Waals surface area contributed by atoms with Crippen molar-refractivity contribution in [2.75, 3.05) is 23.4 Å². The maximum atomic E-state index is 12.4. The first-order valence-electron chi connectivity index (χ1n) is 6.98. The fourth-order valence-electron chi connectivity index (χ4n) is 2.17. The largest absolute Gasteiger partial charge is 0.486 e. The molecule has 6 nitrogen and oxygen atoms in total. The highest BCUT2D eigenvalue weighted by molar-refractivity contribution is 6.36. The van der Waals surface area contributed by atoms with Crippen molar-refractivity contribution in [3.8, 4) is 11.5 Å². The predicted octanol–water partition coefficient (Wildman–Crippen LogP) is 3.96. The zero-order valence-electron chi connectivity index (χ0n) is 12.3. The standard InChI is InChI=1S/C16H12Cl2N2O4/c17-10-1-3-13(12(18)7-10)19-16(22)20(9-21)11-2-4-14-15(8-11)24-6-5-23-14/h1-4,7-9H,5-6H2,(H,19,22). The van der Waals surface area contributed by atoms with Crippen LogP contribution in [0, 0.1) is 0 Å². The maximum absolute atomic E-state index is 12.4.